The lowest BCUT2D eigenvalue weighted by atomic mass is 10.3. The van der Waals surface area contributed by atoms with Crippen LogP contribution in [-0.4, -0.2) is 65.1 Å². The molecular formula is C16H22N6S. The first-order valence-corrected chi connectivity index (χ1v) is 9.10. The Morgan fingerprint density at radius 1 is 1.26 bits per heavy atom. The van der Waals surface area contributed by atoms with Crippen molar-refractivity contribution in [2.75, 3.05) is 50.5 Å². The molecule has 0 aliphatic carbocycles. The average Bonchev–Trinajstić information content (AvgIpc) is 3.16. The molecule has 4 rings (SSSR count). The summed E-state index contributed by atoms with van der Waals surface area (Å²) in [5, 5.41) is 7.77. The van der Waals surface area contributed by atoms with Gasteiger partial charge in [-0.1, -0.05) is 0 Å². The van der Waals surface area contributed by atoms with Crippen LogP contribution < -0.4 is 10.2 Å². The standard InChI is InChI=1S/C16H22N6S/c1-20-4-2-5-21(8-7-20)15-3-6-22-16(19-15)13(10-18-22)9-14-11-17-12-23-14/h3,6,9-10,17H,2,4-5,7-8,11-12H2,1H3. The number of hydrogen-bond donors (Lipinski definition) is 1. The van der Waals surface area contributed by atoms with Crippen molar-refractivity contribution < 1.29 is 0 Å². The van der Waals surface area contributed by atoms with Crippen molar-refractivity contribution in [3.63, 3.8) is 0 Å². The minimum Gasteiger partial charge on any atom is -0.355 e. The van der Waals surface area contributed by atoms with Gasteiger partial charge >= 0.3 is 0 Å². The van der Waals surface area contributed by atoms with Crippen molar-refractivity contribution in [3.05, 3.63) is 28.9 Å². The zero-order chi connectivity index (χ0) is 15.6. The van der Waals surface area contributed by atoms with Crippen LogP contribution in [0.2, 0.25) is 0 Å². The number of thioether (sulfide) groups is 1. The van der Waals surface area contributed by atoms with E-state index in [9.17, 15) is 0 Å². The van der Waals surface area contributed by atoms with Gasteiger partial charge in [-0.2, -0.15) is 5.10 Å². The zero-order valence-electron chi connectivity index (χ0n) is 13.4. The molecule has 6 nitrogen and oxygen atoms in total. The molecule has 7 heteroatoms. The number of hydrogen-bond acceptors (Lipinski definition) is 6. The van der Waals surface area contributed by atoms with Crippen LogP contribution >= 0.6 is 11.8 Å². The number of nitrogens with zero attached hydrogens (tertiary/aromatic N) is 5. The monoisotopic (exact) mass is 330 g/mol. The van der Waals surface area contributed by atoms with E-state index >= 15 is 0 Å². The molecule has 0 radical (unpaired) electrons. The third-order valence-corrected chi connectivity index (χ3v) is 5.38. The highest BCUT2D eigenvalue weighted by Crippen LogP contribution is 2.24. The fourth-order valence-corrected chi connectivity index (χ4v) is 3.87. The molecule has 2 aromatic rings. The second kappa shape index (κ2) is 6.51. The van der Waals surface area contributed by atoms with Crippen molar-refractivity contribution in [3.8, 4) is 0 Å². The van der Waals surface area contributed by atoms with Crippen molar-refractivity contribution >= 4 is 29.3 Å². The maximum atomic E-state index is 4.90. The SMILES string of the molecule is CN1CCCN(c2ccn3ncc(C=C4CNCS4)c3n2)CC1. The highest BCUT2D eigenvalue weighted by molar-refractivity contribution is 8.03. The first kappa shape index (κ1) is 15.0. The molecule has 2 aromatic heterocycles. The summed E-state index contributed by atoms with van der Waals surface area (Å²) >= 11 is 1.85. The third-order valence-electron chi connectivity index (χ3n) is 4.40. The summed E-state index contributed by atoms with van der Waals surface area (Å²) < 4.78 is 1.87. The minimum absolute atomic E-state index is 0.945. The Balaban J connectivity index is 1.65. The fourth-order valence-electron chi connectivity index (χ4n) is 3.07. The van der Waals surface area contributed by atoms with Gasteiger partial charge in [0, 0.05) is 48.7 Å². The Kier molecular flexibility index (Phi) is 4.24. The van der Waals surface area contributed by atoms with E-state index in [0.29, 0.717) is 0 Å². The second-order valence-corrected chi connectivity index (χ2v) is 7.23. The summed E-state index contributed by atoms with van der Waals surface area (Å²) in [5.41, 5.74) is 2.05. The average molecular weight is 330 g/mol. The molecule has 0 spiro atoms. The molecule has 23 heavy (non-hydrogen) atoms. The number of nitrogens with one attached hydrogen (secondary N) is 1. The summed E-state index contributed by atoms with van der Waals surface area (Å²) in [6, 6.07) is 2.08. The molecule has 2 saturated heterocycles. The Labute approximate surface area is 140 Å². The van der Waals surface area contributed by atoms with Gasteiger partial charge in [0.05, 0.1) is 6.20 Å². The van der Waals surface area contributed by atoms with Gasteiger partial charge in [-0.25, -0.2) is 9.50 Å². The summed E-state index contributed by atoms with van der Waals surface area (Å²) in [6.45, 7) is 5.29. The third kappa shape index (κ3) is 3.22. The van der Waals surface area contributed by atoms with E-state index in [0.717, 1.165) is 55.6 Å². The Morgan fingerprint density at radius 3 is 3.09 bits per heavy atom. The molecule has 0 saturated carbocycles. The van der Waals surface area contributed by atoms with Crippen LogP contribution in [0.15, 0.2) is 23.4 Å². The van der Waals surface area contributed by atoms with E-state index in [1.807, 2.05) is 28.7 Å². The molecule has 1 N–H and O–H groups in total. The highest BCUT2D eigenvalue weighted by atomic mass is 32.2. The van der Waals surface area contributed by atoms with E-state index in [-0.39, 0.29) is 0 Å². The fraction of sp³-hybridized carbons (Fsp3) is 0.500. The molecule has 0 unspecified atom stereocenters. The normalized spacial score (nSPS) is 22.1. The lowest BCUT2D eigenvalue weighted by molar-refractivity contribution is 0.360. The van der Waals surface area contributed by atoms with E-state index in [1.165, 1.54) is 11.3 Å². The molecule has 0 atom stereocenters. The van der Waals surface area contributed by atoms with Crippen LogP contribution in [0, 0.1) is 0 Å². The molecule has 0 aromatic carbocycles. The van der Waals surface area contributed by atoms with Gasteiger partial charge in [-0.3, -0.25) is 0 Å². The van der Waals surface area contributed by atoms with Gasteiger partial charge in [0.2, 0.25) is 0 Å². The van der Waals surface area contributed by atoms with Gasteiger partial charge in [0.25, 0.3) is 0 Å². The molecule has 122 valence electrons. The Morgan fingerprint density at radius 2 is 2.22 bits per heavy atom. The first-order valence-electron chi connectivity index (χ1n) is 8.11. The minimum atomic E-state index is 0.945. The summed E-state index contributed by atoms with van der Waals surface area (Å²) in [5.74, 6) is 2.05. The van der Waals surface area contributed by atoms with Gasteiger partial charge in [-0.05, 0) is 32.2 Å². The van der Waals surface area contributed by atoms with E-state index in [2.05, 4.69) is 39.4 Å². The van der Waals surface area contributed by atoms with Crippen LogP contribution in [0.25, 0.3) is 11.7 Å². The lowest BCUT2D eigenvalue weighted by Crippen LogP contribution is -2.29. The number of fused-ring (bicyclic) bond motifs is 1. The molecule has 0 amide bonds. The van der Waals surface area contributed by atoms with Gasteiger partial charge in [0.1, 0.15) is 5.82 Å². The molecule has 2 aliphatic heterocycles. The number of aromatic nitrogens is 3. The van der Waals surface area contributed by atoms with Gasteiger partial charge in [0.15, 0.2) is 5.65 Å². The maximum Gasteiger partial charge on any atom is 0.164 e. The summed E-state index contributed by atoms with van der Waals surface area (Å²) in [7, 11) is 2.19. The highest BCUT2D eigenvalue weighted by Gasteiger charge is 2.15. The van der Waals surface area contributed by atoms with Crippen LogP contribution in [-0.2, 0) is 0 Å². The van der Waals surface area contributed by atoms with E-state index < -0.39 is 0 Å². The van der Waals surface area contributed by atoms with Crippen LogP contribution in [0.1, 0.15) is 12.0 Å². The summed E-state index contributed by atoms with van der Waals surface area (Å²) in [6.07, 6.45) is 7.32. The van der Waals surface area contributed by atoms with Crippen molar-refractivity contribution in [1.29, 1.82) is 0 Å². The number of anilines is 1. The van der Waals surface area contributed by atoms with Crippen molar-refractivity contribution in [2.24, 2.45) is 0 Å². The zero-order valence-corrected chi connectivity index (χ0v) is 14.2. The summed E-state index contributed by atoms with van der Waals surface area (Å²) in [4.78, 5) is 11.0. The Bertz CT molecular complexity index is 716. The van der Waals surface area contributed by atoms with Gasteiger partial charge < -0.3 is 15.1 Å². The molecule has 2 fully saturated rings. The van der Waals surface area contributed by atoms with Gasteiger partial charge in [-0.15, -0.1) is 11.8 Å². The predicted octanol–water partition coefficient (Wildman–Crippen LogP) is 1.51. The number of rotatable bonds is 2. The topological polar surface area (TPSA) is 48.7 Å². The quantitative estimate of drug-likeness (QED) is 0.901. The smallest absolute Gasteiger partial charge is 0.164 e. The second-order valence-electron chi connectivity index (χ2n) is 6.12. The van der Waals surface area contributed by atoms with E-state index in [4.69, 9.17) is 4.98 Å². The largest absolute Gasteiger partial charge is 0.355 e. The van der Waals surface area contributed by atoms with Crippen LogP contribution in [0.3, 0.4) is 0 Å². The molecule has 4 heterocycles. The predicted molar refractivity (Wildman–Crippen MR) is 95.8 cm³/mol. The van der Waals surface area contributed by atoms with Crippen LogP contribution in [0.5, 0.6) is 0 Å². The lowest BCUT2D eigenvalue weighted by Gasteiger charge is -2.21. The van der Waals surface area contributed by atoms with Crippen molar-refractivity contribution in [2.45, 2.75) is 6.42 Å². The first-order chi connectivity index (χ1) is 11.3. The van der Waals surface area contributed by atoms with Crippen LogP contribution in [0.4, 0.5) is 5.82 Å². The molecular weight excluding hydrogens is 308 g/mol. The maximum absolute atomic E-state index is 4.90. The Hall–Kier alpha value is -1.57. The molecule has 0 bridgehead atoms. The van der Waals surface area contributed by atoms with Crippen molar-refractivity contribution in [1.82, 2.24) is 24.8 Å². The van der Waals surface area contributed by atoms with E-state index in [1.54, 1.807) is 0 Å². The molecule has 2 aliphatic rings. The number of likely N-dealkylation sites (N-methyl/N-ethyl adjacent to an activating group) is 1.